The van der Waals surface area contributed by atoms with Crippen LogP contribution < -0.4 is 0 Å². The monoisotopic (exact) mass is 338 g/mol. The zero-order valence-corrected chi connectivity index (χ0v) is 10.9. The molecule has 0 N–H and O–H groups in total. The number of benzene rings is 1. The summed E-state index contributed by atoms with van der Waals surface area (Å²) in [6.07, 6.45) is -13.2. The Morgan fingerprint density at radius 3 is 1.59 bits per heavy atom. The van der Waals surface area contributed by atoms with E-state index < -0.39 is 18.3 Å². The Morgan fingerprint density at radius 1 is 0.909 bits per heavy atom. The van der Waals surface area contributed by atoms with E-state index in [1.54, 1.807) is 19.1 Å². The Hall–Kier alpha value is -1.87. The Morgan fingerprint density at radius 2 is 1.32 bits per heavy atom. The van der Waals surface area contributed by atoms with Crippen molar-refractivity contribution in [1.82, 2.24) is 0 Å². The molecule has 0 aliphatic rings. The molecule has 0 saturated carbocycles. The summed E-state index contributed by atoms with van der Waals surface area (Å²) in [5, 5.41) is 0. The summed E-state index contributed by atoms with van der Waals surface area (Å²) >= 11 is 0. The molecule has 0 saturated heterocycles. The Bertz CT molecular complexity index is 448. The molecule has 1 aromatic rings. The van der Waals surface area contributed by atoms with Crippen LogP contribution in [0.25, 0.3) is 0 Å². The van der Waals surface area contributed by atoms with E-state index in [-0.39, 0.29) is 5.97 Å². The van der Waals surface area contributed by atoms with Crippen LogP contribution in [0.5, 0.6) is 0 Å². The van der Waals surface area contributed by atoms with Crippen LogP contribution in [0.2, 0.25) is 0 Å². The first-order chi connectivity index (χ1) is 9.84. The maximum absolute atomic E-state index is 11.2. The molecule has 0 aliphatic carbocycles. The summed E-state index contributed by atoms with van der Waals surface area (Å²) in [5.41, 5.74) is 0.606. The summed E-state index contributed by atoms with van der Waals surface area (Å²) in [5.74, 6) is -6.88. The molecule has 1 rings (SSSR count). The molecular weight excluding hydrogens is 328 g/mol. The van der Waals surface area contributed by atoms with E-state index in [1.807, 2.05) is 18.2 Å². The minimum absolute atomic E-state index is 0.256. The van der Waals surface area contributed by atoms with Crippen LogP contribution in [0.4, 0.5) is 35.1 Å². The molecule has 0 spiro atoms. The van der Waals surface area contributed by atoms with Crippen LogP contribution >= 0.6 is 0 Å². The fourth-order valence-electron chi connectivity index (χ4n) is 0.949. The van der Waals surface area contributed by atoms with Gasteiger partial charge >= 0.3 is 24.2 Å². The van der Waals surface area contributed by atoms with Crippen LogP contribution in [0.3, 0.4) is 0 Å². The zero-order chi connectivity index (χ0) is 17.6. The summed E-state index contributed by atoms with van der Waals surface area (Å²) in [6, 6.07) is 8.96. The van der Waals surface area contributed by atoms with Gasteiger partial charge in [-0.2, -0.15) is 35.1 Å². The molecule has 22 heavy (non-hydrogen) atoms. The molecule has 0 aliphatic heterocycles. The van der Waals surface area contributed by atoms with E-state index in [9.17, 15) is 39.9 Å². The third-order valence-electron chi connectivity index (χ3n) is 2.00. The molecule has 10 heteroatoms. The molecule has 1 aromatic carbocycles. The fourth-order valence-corrected chi connectivity index (χ4v) is 0.949. The fraction of sp³-hybridized carbons (Fsp3) is 0.417. The quantitative estimate of drug-likeness (QED) is 0.581. The number of alkyl halides is 8. The Kier molecular flexibility index (Phi) is 6.78. The van der Waals surface area contributed by atoms with Gasteiger partial charge in [-0.1, -0.05) is 18.2 Å². The van der Waals surface area contributed by atoms with E-state index in [4.69, 9.17) is 4.74 Å². The van der Waals surface area contributed by atoms with E-state index in [1.165, 1.54) is 0 Å². The molecular formula is C12H10F8O2. The van der Waals surface area contributed by atoms with Gasteiger partial charge in [-0.15, -0.1) is 0 Å². The van der Waals surface area contributed by atoms with Crippen molar-refractivity contribution in [3.63, 3.8) is 0 Å². The van der Waals surface area contributed by atoms with E-state index in [0.717, 1.165) is 0 Å². The zero-order valence-electron chi connectivity index (χ0n) is 10.9. The number of hydrogen-bond donors (Lipinski definition) is 0. The number of esters is 1. The number of ether oxygens (including phenoxy) is 1. The molecule has 0 heterocycles. The molecule has 0 fully saturated rings. The molecule has 0 unspecified atom stereocenters. The van der Waals surface area contributed by atoms with Crippen LogP contribution in [0, 0.1) is 0 Å². The molecule has 0 bridgehead atoms. The second-order valence-electron chi connectivity index (χ2n) is 3.66. The Labute approximate surface area is 119 Å². The van der Waals surface area contributed by atoms with E-state index >= 15 is 0 Å². The SMILES string of the molecule is CCOC(=O)c1ccccc1.FC(F)(F)C(F)(F)C(F)(F)F. The number of carbonyl (C=O) groups excluding carboxylic acids is 1. The van der Waals surface area contributed by atoms with Gasteiger partial charge in [0.05, 0.1) is 12.2 Å². The van der Waals surface area contributed by atoms with Gasteiger partial charge in [-0.25, -0.2) is 4.79 Å². The minimum atomic E-state index is -6.62. The second-order valence-corrected chi connectivity index (χ2v) is 3.66. The lowest BCUT2D eigenvalue weighted by atomic mass is 10.2. The van der Waals surface area contributed by atoms with Crippen molar-refractivity contribution in [3.8, 4) is 0 Å². The molecule has 126 valence electrons. The average molecular weight is 338 g/mol. The highest BCUT2D eigenvalue weighted by atomic mass is 19.5. The van der Waals surface area contributed by atoms with Crippen molar-refractivity contribution >= 4 is 5.97 Å². The molecule has 0 aromatic heterocycles. The molecule has 0 atom stereocenters. The van der Waals surface area contributed by atoms with Gasteiger partial charge in [0.2, 0.25) is 0 Å². The smallest absolute Gasteiger partial charge is 0.462 e. The first-order valence-corrected chi connectivity index (χ1v) is 5.58. The second kappa shape index (κ2) is 7.41. The maximum Gasteiger partial charge on any atom is 0.463 e. The number of hydrogen-bond acceptors (Lipinski definition) is 2. The third kappa shape index (κ3) is 5.49. The predicted molar refractivity (Wildman–Crippen MR) is 59.5 cm³/mol. The van der Waals surface area contributed by atoms with Crippen molar-refractivity contribution in [3.05, 3.63) is 35.9 Å². The first kappa shape index (κ1) is 20.1. The van der Waals surface area contributed by atoms with Crippen molar-refractivity contribution in [2.45, 2.75) is 25.2 Å². The lowest BCUT2D eigenvalue weighted by molar-refractivity contribution is -0.389. The van der Waals surface area contributed by atoms with Gasteiger partial charge in [-0.05, 0) is 19.1 Å². The first-order valence-electron chi connectivity index (χ1n) is 5.58. The summed E-state index contributed by atoms with van der Waals surface area (Å²) < 4.78 is 92.3. The lowest BCUT2D eigenvalue weighted by Crippen LogP contribution is -2.49. The summed E-state index contributed by atoms with van der Waals surface area (Å²) in [6.45, 7) is 2.22. The van der Waals surface area contributed by atoms with E-state index in [0.29, 0.717) is 12.2 Å². The standard InChI is InChI=1S/C9H10O2.C3F8/c1-2-11-9(10)8-6-4-3-5-7-8;4-1(5,2(6,7)8)3(9,10)11/h3-7H,2H2,1H3;. The lowest BCUT2D eigenvalue weighted by Gasteiger charge is -2.21. The maximum atomic E-state index is 11.2. The Balaban J connectivity index is 0.000000401. The summed E-state index contributed by atoms with van der Waals surface area (Å²) in [7, 11) is 0. The van der Waals surface area contributed by atoms with Crippen LogP contribution in [0.1, 0.15) is 17.3 Å². The van der Waals surface area contributed by atoms with Gasteiger partial charge in [0.1, 0.15) is 0 Å². The van der Waals surface area contributed by atoms with Crippen LogP contribution in [0.15, 0.2) is 30.3 Å². The van der Waals surface area contributed by atoms with Crippen LogP contribution in [-0.2, 0) is 4.74 Å². The number of rotatable bonds is 2. The molecule has 2 nitrogen and oxygen atoms in total. The van der Waals surface area contributed by atoms with Gasteiger partial charge in [0, 0.05) is 0 Å². The van der Waals surface area contributed by atoms with Gasteiger partial charge in [0.15, 0.2) is 0 Å². The highest BCUT2D eigenvalue weighted by Crippen LogP contribution is 2.46. The van der Waals surface area contributed by atoms with Crippen molar-refractivity contribution < 1.29 is 44.7 Å². The van der Waals surface area contributed by atoms with Crippen molar-refractivity contribution in [2.75, 3.05) is 6.61 Å². The number of halogens is 8. The normalized spacial score (nSPS) is 12.2. The van der Waals surface area contributed by atoms with E-state index in [2.05, 4.69) is 0 Å². The van der Waals surface area contributed by atoms with Crippen LogP contribution in [-0.4, -0.2) is 30.9 Å². The molecule has 0 amide bonds. The predicted octanol–water partition coefficient (Wildman–Crippen LogP) is 4.61. The largest absolute Gasteiger partial charge is 0.463 e. The van der Waals surface area contributed by atoms with Gasteiger partial charge < -0.3 is 4.74 Å². The van der Waals surface area contributed by atoms with Crippen molar-refractivity contribution in [1.29, 1.82) is 0 Å². The average Bonchev–Trinajstić information content (AvgIpc) is 2.38. The highest BCUT2D eigenvalue weighted by Gasteiger charge is 2.74. The van der Waals surface area contributed by atoms with Gasteiger partial charge in [0.25, 0.3) is 0 Å². The topological polar surface area (TPSA) is 26.3 Å². The van der Waals surface area contributed by atoms with Gasteiger partial charge in [-0.3, -0.25) is 0 Å². The number of carbonyl (C=O) groups is 1. The third-order valence-corrected chi connectivity index (χ3v) is 2.00. The summed E-state index contributed by atoms with van der Waals surface area (Å²) in [4.78, 5) is 11.0. The molecule has 0 radical (unpaired) electrons. The highest BCUT2D eigenvalue weighted by molar-refractivity contribution is 5.89. The minimum Gasteiger partial charge on any atom is -0.462 e. The van der Waals surface area contributed by atoms with Crippen molar-refractivity contribution in [2.24, 2.45) is 0 Å².